The molecule has 8 nitrogen and oxygen atoms in total. The van der Waals surface area contributed by atoms with Gasteiger partial charge in [-0.15, -0.1) is 0 Å². The molecule has 1 heterocycles. The lowest BCUT2D eigenvalue weighted by Crippen LogP contribution is -2.29. The average molecular weight is 370 g/mol. The summed E-state index contributed by atoms with van der Waals surface area (Å²) in [6, 6.07) is 4.04. The number of carbonyl (C=O) groups excluding carboxylic acids is 2. The van der Waals surface area contributed by atoms with Gasteiger partial charge in [-0.25, -0.2) is 13.2 Å². The fraction of sp³-hybridized carbons (Fsp3) is 0.500. The molecule has 0 aliphatic carbocycles. The number of esters is 1. The van der Waals surface area contributed by atoms with Gasteiger partial charge in [0.05, 0.1) is 12.7 Å². The van der Waals surface area contributed by atoms with E-state index in [2.05, 4.69) is 5.32 Å². The quantitative estimate of drug-likeness (QED) is 0.712. The van der Waals surface area contributed by atoms with Gasteiger partial charge in [-0.1, -0.05) is 0 Å². The lowest BCUT2D eigenvalue weighted by atomic mass is 10.2. The van der Waals surface area contributed by atoms with Crippen molar-refractivity contribution in [2.45, 2.75) is 24.7 Å². The van der Waals surface area contributed by atoms with Gasteiger partial charge < -0.3 is 14.8 Å². The van der Waals surface area contributed by atoms with Crippen LogP contribution in [0.1, 0.15) is 30.1 Å². The first-order valence-corrected chi connectivity index (χ1v) is 9.46. The minimum atomic E-state index is -3.76. The number of hydrogen-bond acceptors (Lipinski definition) is 6. The van der Waals surface area contributed by atoms with Crippen molar-refractivity contribution in [3.05, 3.63) is 23.8 Å². The van der Waals surface area contributed by atoms with Crippen molar-refractivity contribution < 1.29 is 27.5 Å². The number of likely N-dealkylation sites (N-methyl/N-ethyl adjacent to an activating group) is 1. The molecule has 1 N–H and O–H groups in total. The second kappa shape index (κ2) is 8.30. The molecule has 2 rings (SSSR count). The first kappa shape index (κ1) is 19.2. The number of ether oxygens (including phenoxy) is 2. The van der Waals surface area contributed by atoms with E-state index in [-0.39, 0.29) is 16.2 Å². The maximum absolute atomic E-state index is 12.8. The van der Waals surface area contributed by atoms with Gasteiger partial charge in [-0.3, -0.25) is 4.79 Å². The minimum absolute atomic E-state index is 0.0443. The monoisotopic (exact) mass is 370 g/mol. The summed E-state index contributed by atoms with van der Waals surface area (Å²) in [6.45, 7) is 2.64. The van der Waals surface area contributed by atoms with E-state index in [1.54, 1.807) is 6.92 Å². The van der Waals surface area contributed by atoms with Crippen LogP contribution in [-0.2, 0) is 19.6 Å². The molecule has 0 saturated carbocycles. The number of benzene rings is 1. The number of sulfonamides is 1. The highest BCUT2D eigenvalue weighted by molar-refractivity contribution is 7.89. The predicted molar refractivity (Wildman–Crippen MR) is 90.0 cm³/mol. The molecule has 0 unspecified atom stereocenters. The Morgan fingerprint density at radius 3 is 2.52 bits per heavy atom. The first-order chi connectivity index (χ1) is 11.9. The molecule has 1 aliphatic heterocycles. The Bertz CT molecular complexity index is 741. The van der Waals surface area contributed by atoms with Crippen molar-refractivity contribution in [2.24, 2.45) is 0 Å². The fourth-order valence-electron chi connectivity index (χ4n) is 2.54. The molecule has 1 aliphatic rings. The molecule has 25 heavy (non-hydrogen) atoms. The van der Waals surface area contributed by atoms with Gasteiger partial charge >= 0.3 is 5.97 Å². The van der Waals surface area contributed by atoms with E-state index in [0.717, 1.165) is 12.8 Å². The molecule has 138 valence electrons. The summed E-state index contributed by atoms with van der Waals surface area (Å²) in [5.41, 5.74) is 0.0443. The Kier molecular flexibility index (Phi) is 6.38. The number of amides is 1. The molecular formula is C16H22N2O6S. The second-order valence-electron chi connectivity index (χ2n) is 5.51. The zero-order valence-corrected chi connectivity index (χ0v) is 15.1. The number of rotatable bonds is 7. The first-order valence-electron chi connectivity index (χ1n) is 8.02. The smallest absolute Gasteiger partial charge is 0.338 e. The Morgan fingerprint density at radius 2 is 1.92 bits per heavy atom. The Morgan fingerprint density at radius 1 is 1.24 bits per heavy atom. The molecule has 0 atom stereocenters. The van der Waals surface area contributed by atoms with Gasteiger partial charge in [0.25, 0.3) is 5.91 Å². The Hall–Kier alpha value is -2.13. The summed E-state index contributed by atoms with van der Waals surface area (Å²) in [5, 5.41) is 2.50. The zero-order valence-electron chi connectivity index (χ0n) is 14.3. The third kappa shape index (κ3) is 4.49. The van der Waals surface area contributed by atoms with E-state index in [1.165, 1.54) is 29.6 Å². The fourth-order valence-corrected chi connectivity index (χ4v) is 4.23. The third-order valence-electron chi connectivity index (χ3n) is 3.79. The van der Waals surface area contributed by atoms with Crippen LogP contribution in [0.5, 0.6) is 5.75 Å². The number of carbonyl (C=O) groups is 2. The largest absolute Gasteiger partial charge is 0.495 e. The van der Waals surface area contributed by atoms with E-state index in [4.69, 9.17) is 9.47 Å². The maximum Gasteiger partial charge on any atom is 0.338 e. The molecule has 9 heteroatoms. The number of nitrogens with zero attached hydrogens (tertiary/aromatic N) is 1. The molecule has 1 fully saturated rings. The molecule has 1 aromatic rings. The van der Waals surface area contributed by atoms with E-state index < -0.39 is 28.5 Å². The topological polar surface area (TPSA) is 102 Å². The highest BCUT2D eigenvalue weighted by Crippen LogP contribution is 2.30. The third-order valence-corrected chi connectivity index (χ3v) is 5.71. The van der Waals surface area contributed by atoms with Gasteiger partial charge in [0.2, 0.25) is 10.0 Å². The lowest BCUT2D eigenvalue weighted by Gasteiger charge is -2.18. The number of methoxy groups -OCH3 is 1. The number of nitrogens with one attached hydrogen (secondary N) is 1. The van der Waals surface area contributed by atoms with Crippen molar-refractivity contribution in [1.29, 1.82) is 0 Å². The van der Waals surface area contributed by atoms with Crippen LogP contribution in [0.25, 0.3) is 0 Å². The second-order valence-corrected chi connectivity index (χ2v) is 7.41. The lowest BCUT2D eigenvalue weighted by molar-refractivity contribution is -0.124. The molecule has 1 amide bonds. The van der Waals surface area contributed by atoms with Gasteiger partial charge in [0, 0.05) is 19.6 Å². The van der Waals surface area contributed by atoms with E-state index in [0.29, 0.717) is 19.6 Å². The van der Waals surface area contributed by atoms with Crippen LogP contribution in [0.2, 0.25) is 0 Å². The minimum Gasteiger partial charge on any atom is -0.495 e. The van der Waals surface area contributed by atoms with Gasteiger partial charge in [-0.05, 0) is 38.0 Å². The molecule has 0 spiro atoms. The highest BCUT2D eigenvalue weighted by atomic mass is 32.2. The molecule has 1 aromatic carbocycles. The summed E-state index contributed by atoms with van der Waals surface area (Å²) in [4.78, 5) is 23.4. The molecule has 1 saturated heterocycles. The molecule has 0 radical (unpaired) electrons. The van der Waals surface area contributed by atoms with Crippen molar-refractivity contribution in [1.82, 2.24) is 9.62 Å². The van der Waals surface area contributed by atoms with Gasteiger partial charge in [-0.2, -0.15) is 4.31 Å². The van der Waals surface area contributed by atoms with Crippen LogP contribution in [0.15, 0.2) is 23.1 Å². The van der Waals surface area contributed by atoms with Crippen LogP contribution in [0, 0.1) is 0 Å². The Balaban J connectivity index is 2.24. The van der Waals surface area contributed by atoms with Crippen molar-refractivity contribution in [3.8, 4) is 5.75 Å². The summed E-state index contributed by atoms with van der Waals surface area (Å²) < 4.78 is 37.0. The van der Waals surface area contributed by atoms with Crippen molar-refractivity contribution in [3.63, 3.8) is 0 Å². The predicted octanol–water partition coefficient (Wildman–Crippen LogP) is 0.773. The summed E-state index contributed by atoms with van der Waals surface area (Å²) in [7, 11) is -2.39. The molecule has 0 bridgehead atoms. The van der Waals surface area contributed by atoms with Crippen LogP contribution in [-0.4, -0.2) is 58.0 Å². The maximum atomic E-state index is 12.8. The standard InChI is InChI=1S/C16H22N2O6S/c1-3-17-15(19)11-24-16(20)12-6-7-13(23-2)14(10-12)25(21,22)18-8-4-5-9-18/h6-7,10H,3-5,8-9,11H2,1-2H3,(H,17,19). The molecule has 0 aromatic heterocycles. The highest BCUT2D eigenvalue weighted by Gasteiger charge is 2.30. The van der Waals surface area contributed by atoms with E-state index in [9.17, 15) is 18.0 Å². The SMILES string of the molecule is CCNC(=O)COC(=O)c1ccc(OC)c(S(=O)(=O)N2CCCC2)c1. The average Bonchev–Trinajstić information content (AvgIpc) is 3.15. The summed E-state index contributed by atoms with van der Waals surface area (Å²) >= 11 is 0. The Labute approximate surface area is 147 Å². The van der Waals surface area contributed by atoms with Crippen LogP contribution >= 0.6 is 0 Å². The van der Waals surface area contributed by atoms with E-state index >= 15 is 0 Å². The molecular weight excluding hydrogens is 348 g/mol. The zero-order chi connectivity index (χ0) is 18.4. The van der Waals surface area contributed by atoms with Crippen LogP contribution in [0.3, 0.4) is 0 Å². The van der Waals surface area contributed by atoms with E-state index in [1.807, 2.05) is 0 Å². The van der Waals surface area contributed by atoms with Gasteiger partial charge in [0.1, 0.15) is 10.6 Å². The normalized spacial score (nSPS) is 15.0. The number of hydrogen-bond donors (Lipinski definition) is 1. The summed E-state index contributed by atoms with van der Waals surface area (Å²) in [6.07, 6.45) is 1.60. The van der Waals surface area contributed by atoms with Crippen molar-refractivity contribution in [2.75, 3.05) is 33.4 Å². The van der Waals surface area contributed by atoms with Crippen LogP contribution in [0.4, 0.5) is 0 Å². The van der Waals surface area contributed by atoms with Crippen molar-refractivity contribution >= 4 is 21.9 Å². The summed E-state index contributed by atoms with van der Waals surface area (Å²) in [5.74, 6) is -1.03. The van der Waals surface area contributed by atoms with Gasteiger partial charge in [0.15, 0.2) is 6.61 Å². The van der Waals surface area contributed by atoms with Crippen LogP contribution < -0.4 is 10.1 Å².